The van der Waals surface area contributed by atoms with Crippen molar-refractivity contribution in [3.8, 4) is 0 Å². The first-order chi connectivity index (χ1) is 8.86. The van der Waals surface area contributed by atoms with Gasteiger partial charge in [-0.05, 0) is 12.8 Å². The third-order valence-corrected chi connectivity index (χ3v) is 3.33. The van der Waals surface area contributed by atoms with E-state index in [1.807, 2.05) is 0 Å². The highest BCUT2D eigenvalue weighted by Crippen LogP contribution is 2.16. The van der Waals surface area contributed by atoms with Gasteiger partial charge < -0.3 is 10.6 Å². The molecule has 18 heavy (non-hydrogen) atoms. The van der Waals surface area contributed by atoms with E-state index >= 15 is 0 Å². The number of aromatic nitrogens is 3. The number of nitrogens with zero attached hydrogens (tertiary/aromatic N) is 2. The van der Waals surface area contributed by atoms with Crippen molar-refractivity contribution in [2.45, 2.75) is 44.6 Å². The maximum Gasteiger partial charge on any atom is 0.288 e. The van der Waals surface area contributed by atoms with Gasteiger partial charge in [-0.15, -0.1) is 0 Å². The van der Waals surface area contributed by atoms with Crippen LogP contribution in [-0.4, -0.2) is 40.2 Å². The summed E-state index contributed by atoms with van der Waals surface area (Å²) in [4.78, 5) is 15.3. The minimum Gasteiger partial charge on any atom is -0.348 e. The van der Waals surface area contributed by atoms with Crippen LogP contribution in [0.4, 0.5) is 0 Å². The maximum absolute atomic E-state index is 11.5. The second kappa shape index (κ2) is 7.10. The van der Waals surface area contributed by atoms with Gasteiger partial charge in [-0.25, -0.2) is 4.98 Å². The van der Waals surface area contributed by atoms with Gasteiger partial charge in [0.1, 0.15) is 6.33 Å². The molecule has 0 aliphatic heterocycles. The zero-order valence-electron chi connectivity index (χ0n) is 10.6. The lowest BCUT2D eigenvalue weighted by Gasteiger charge is -2.16. The SMILES string of the molecule is O=C(NCCNC1CCCCCC1)c1ncn[nH]1. The minimum atomic E-state index is -0.199. The van der Waals surface area contributed by atoms with Gasteiger partial charge in [0.15, 0.2) is 0 Å². The summed E-state index contributed by atoms with van der Waals surface area (Å²) in [6, 6.07) is 0.620. The van der Waals surface area contributed by atoms with Gasteiger partial charge in [-0.1, -0.05) is 25.7 Å². The molecule has 1 aromatic heterocycles. The number of hydrogen-bond donors (Lipinski definition) is 3. The largest absolute Gasteiger partial charge is 0.348 e. The summed E-state index contributed by atoms with van der Waals surface area (Å²) >= 11 is 0. The van der Waals surface area contributed by atoms with Crippen molar-refractivity contribution >= 4 is 5.91 Å². The van der Waals surface area contributed by atoms with Crippen molar-refractivity contribution in [3.63, 3.8) is 0 Å². The van der Waals surface area contributed by atoms with Crippen LogP contribution in [0.15, 0.2) is 6.33 Å². The van der Waals surface area contributed by atoms with Crippen LogP contribution in [0.1, 0.15) is 49.1 Å². The van der Waals surface area contributed by atoms with Crippen molar-refractivity contribution < 1.29 is 4.79 Å². The molecule has 0 aromatic carbocycles. The number of nitrogens with one attached hydrogen (secondary N) is 3. The Kier molecular flexibility index (Phi) is 5.14. The lowest BCUT2D eigenvalue weighted by Crippen LogP contribution is -2.37. The summed E-state index contributed by atoms with van der Waals surface area (Å²) in [5.74, 6) is 0.0691. The van der Waals surface area contributed by atoms with Gasteiger partial charge in [-0.2, -0.15) is 5.10 Å². The van der Waals surface area contributed by atoms with Crippen LogP contribution < -0.4 is 10.6 Å². The van der Waals surface area contributed by atoms with Gasteiger partial charge in [0.2, 0.25) is 5.82 Å². The predicted molar refractivity (Wildman–Crippen MR) is 68.2 cm³/mol. The molecule has 3 N–H and O–H groups in total. The van der Waals surface area contributed by atoms with E-state index < -0.39 is 0 Å². The van der Waals surface area contributed by atoms with E-state index in [-0.39, 0.29) is 11.7 Å². The number of H-pyrrole nitrogens is 1. The molecule has 0 saturated heterocycles. The molecule has 1 heterocycles. The number of carbonyl (C=O) groups is 1. The van der Waals surface area contributed by atoms with Crippen molar-refractivity contribution in [3.05, 3.63) is 12.2 Å². The highest BCUT2D eigenvalue weighted by atomic mass is 16.2. The topological polar surface area (TPSA) is 82.7 Å². The molecule has 1 aliphatic carbocycles. The number of rotatable bonds is 5. The van der Waals surface area contributed by atoms with Crippen molar-refractivity contribution in [1.82, 2.24) is 25.8 Å². The molecule has 0 atom stereocenters. The fraction of sp³-hybridized carbons (Fsp3) is 0.750. The molecule has 0 radical (unpaired) electrons. The first kappa shape index (κ1) is 13.0. The fourth-order valence-electron chi connectivity index (χ4n) is 2.33. The second-order valence-electron chi connectivity index (χ2n) is 4.73. The first-order valence-electron chi connectivity index (χ1n) is 6.73. The summed E-state index contributed by atoms with van der Waals surface area (Å²) in [7, 11) is 0. The zero-order valence-corrected chi connectivity index (χ0v) is 10.6. The maximum atomic E-state index is 11.5. The summed E-state index contributed by atoms with van der Waals surface area (Å²) in [5.41, 5.74) is 0. The Morgan fingerprint density at radius 2 is 2.06 bits per heavy atom. The second-order valence-corrected chi connectivity index (χ2v) is 4.73. The van der Waals surface area contributed by atoms with E-state index in [0.29, 0.717) is 12.6 Å². The van der Waals surface area contributed by atoms with Crippen LogP contribution in [0.5, 0.6) is 0 Å². The quantitative estimate of drug-likeness (QED) is 0.535. The number of amides is 1. The molecule has 0 bridgehead atoms. The molecule has 0 spiro atoms. The van der Waals surface area contributed by atoms with Gasteiger partial charge in [0.25, 0.3) is 5.91 Å². The number of carbonyl (C=O) groups excluding carboxylic acids is 1. The Hall–Kier alpha value is -1.43. The Balaban J connectivity index is 1.59. The van der Waals surface area contributed by atoms with Crippen LogP contribution in [0.3, 0.4) is 0 Å². The standard InChI is InChI=1S/C12H21N5O/c18-12(11-15-9-16-17-11)14-8-7-13-10-5-3-1-2-4-6-10/h9-10,13H,1-8H2,(H,14,18)(H,15,16,17). The Labute approximate surface area is 107 Å². The monoisotopic (exact) mass is 251 g/mol. The molecule has 6 nitrogen and oxygen atoms in total. The van der Waals surface area contributed by atoms with E-state index in [1.165, 1.54) is 44.9 Å². The molecule has 1 fully saturated rings. The van der Waals surface area contributed by atoms with Crippen molar-refractivity contribution in [1.29, 1.82) is 0 Å². The molecular weight excluding hydrogens is 230 g/mol. The molecule has 6 heteroatoms. The first-order valence-corrected chi connectivity index (χ1v) is 6.73. The van der Waals surface area contributed by atoms with Crippen LogP contribution >= 0.6 is 0 Å². The smallest absolute Gasteiger partial charge is 0.288 e. The fourth-order valence-corrected chi connectivity index (χ4v) is 2.33. The summed E-state index contributed by atoms with van der Waals surface area (Å²) in [6.07, 6.45) is 9.22. The Morgan fingerprint density at radius 3 is 2.72 bits per heavy atom. The Bertz CT molecular complexity index is 343. The minimum absolute atomic E-state index is 0.199. The molecule has 2 rings (SSSR count). The summed E-state index contributed by atoms with van der Waals surface area (Å²) < 4.78 is 0. The van der Waals surface area contributed by atoms with E-state index in [1.54, 1.807) is 0 Å². The molecule has 1 saturated carbocycles. The third-order valence-electron chi connectivity index (χ3n) is 3.33. The normalized spacial score (nSPS) is 17.3. The highest BCUT2D eigenvalue weighted by Gasteiger charge is 2.11. The van der Waals surface area contributed by atoms with Crippen molar-refractivity contribution in [2.24, 2.45) is 0 Å². The molecule has 0 unspecified atom stereocenters. The van der Waals surface area contributed by atoms with Crippen LogP contribution in [0, 0.1) is 0 Å². The number of hydrogen-bond acceptors (Lipinski definition) is 4. The average Bonchev–Trinajstić information content (AvgIpc) is 2.80. The highest BCUT2D eigenvalue weighted by molar-refractivity contribution is 5.90. The van der Waals surface area contributed by atoms with E-state index in [2.05, 4.69) is 25.8 Å². The van der Waals surface area contributed by atoms with Gasteiger partial charge in [0, 0.05) is 19.1 Å². The number of aromatic amines is 1. The van der Waals surface area contributed by atoms with Crippen molar-refractivity contribution in [2.75, 3.05) is 13.1 Å². The predicted octanol–water partition coefficient (Wildman–Crippen LogP) is 0.847. The zero-order chi connectivity index (χ0) is 12.6. The van der Waals surface area contributed by atoms with Crippen LogP contribution in [0.25, 0.3) is 0 Å². The molecule has 1 amide bonds. The molecule has 1 aliphatic rings. The Morgan fingerprint density at radius 1 is 1.28 bits per heavy atom. The lowest BCUT2D eigenvalue weighted by molar-refractivity contribution is 0.0943. The van der Waals surface area contributed by atoms with E-state index in [0.717, 1.165) is 6.54 Å². The van der Waals surface area contributed by atoms with Gasteiger partial charge in [-0.3, -0.25) is 9.89 Å². The van der Waals surface area contributed by atoms with Gasteiger partial charge in [0.05, 0.1) is 0 Å². The molecular formula is C12H21N5O. The summed E-state index contributed by atoms with van der Waals surface area (Å²) in [6.45, 7) is 1.43. The third kappa shape index (κ3) is 4.10. The molecule has 100 valence electrons. The van der Waals surface area contributed by atoms with Crippen LogP contribution in [-0.2, 0) is 0 Å². The summed E-state index contributed by atoms with van der Waals surface area (Å²) in [5, 5.41) is 12.5. The van der Waals surface area contributed by atoms with E-state index in [9.17, 15) is 4.79 Å². The molecule has 1 aromatic rings. The van der Waals surface area contributed by atoms with E-state index in [4.69, 9.17) is 0 Å². The lowest BCUT2D eigenvalue weighted by atomic mass is 10.1. The average molecular weight is 251 g/mol. The van der Waals surface area contributed by atoms with Gasteiger partial charge >= 0.3 is 0 Å². The van der Waals surface area contributed by atoms with Crippen LogP contribution in [0.2, 0.25) is 0 Å².